The molecule has 0 aliphatic heterocycles. The molecule has 26 heavy (non-hydrogen) atoms. The molecule has 0 bridgehead atoms. The standard InChI is InChI=1S/C19H20FN3O3/c1-3-23(19(26)14-5-4-6-15(20)11-14)12-18(25)22-17-9-7-16(8-10-17)21-13(2)24/h4-11H,3,12H2,1-2H3,(H,21,24)(H,22,25). The van der Waals surface area contributed by atoms with Crippen LogP contribution in [0, 0.1) is 5.82 Å². The van der Waals surface area contributed by atoms with Gasteiger partial charge in [0, 0.05) is 30.4 Å². The van der Waals surface area contributed by atoms with Crippen LogP contribution in [0.2, 0.25) is 0 Å². The summed E-state index contributed by atoms with van der Waals surface area (Å²) in [5, 5.41) is 5.31. The summed E-state index contributed by atoms with van der Waals surface area (Å²) in [6, 6.07) is 12.0. The molecule has 0 aliphatic carbocycles. The van der Waals surface area contributed by atoms with Crippen LogP contribution in [0.1, 0.15) is 24.2 Å². The predicted octanol–water partition coefficient (Wildman–Crippen LogP) is 2.88. The summed E-state index contributed by atoms with van der Waals surface area (Å²) in [5.41, 5.74) is 1.35. The second-order valence-electron chi connectivity index (χ2n) is 5.64. The minimum Gasteiger partial charge on any atom is -0.330 e. The van der Waals surface area contributed by atoms with Crippen molar-refractivity contribution in [3.8, 4) is 0 Å². The highest BCUT2D eigenvalue weighted by Gasteiger charge is 2.17. The van der Waals surface area contributed by atoms with Crippen LogP contribution in [0.4, 0.5) is 15.8 Å². The quantitative estimate of drug-likeness (QED) is 0.834. The summed E-state index contributed by atoms with van der Waals surface area (Å²) in [6.07, 6.45) is 0. The number of nitrogens with one attached hydrogen (secondary N) is 2. The number of rotatable bonds is 6. The van der Waals surface area contributed by atoms with Crippen molar-refractivity contribution in [2.75, 3.05) is 23.7 Å². The molecule has 0 aliphatic rings. The van der Waals surface area contributed by atoms with Crippen molar-refractivity contribution in [1.29, 1.82) is 0 Å². The van der Waals surface area contributed by atoms with E-state index in [2.05, 4.69) is 10.6 Å². The number of benzene rings is 2. The first-order valence-electron chi connectivity index (χ1n) is 8.11. The minimum absolute atomic E-state index is 0.153. The Labute approximate surface area is 151 Å². The highest BCUT2D eigenvalue weighted by Crippen LogP contribution is 2.14. The third kappa shape index (κ3) is 5.41. The topological polar surface area (TPSA) is 78.5 Å². The maximum atomic E-state index is 13.3. The summed E-state index contributed by atoms with van der Waals surface area (Å²) in [4.78, 5) is 36.9. The molecular weight excluding hydrogens is 337 g/mol. The van der Waals surface area contributed by atoms with Gasteiger partial charge in [0.05, 0.1) is 0 Å². The van der Waals surface area contributed by atoms with Crippen LogP contribution in [-0.2, 0) is 9.59 Å². The number of halogens is 1. The smallest absolute Gasteiger partial charge is 0.254 e. The lowest BCUT2D eigenvalue weighted by atomic mass is 10.2. The highest BCUT2D eigenvalue weighted by atomic mass is 19.1. The summed E-state index contributed by atoms with van der Waals surface area (Å²) in [6.45, 7) is 3.31. The van der Waals surface area contributed by atoms with E-state index in [0.29, 0.717) is 17.9 Å². The van der Waals surface area contributed by atoms with Gasteiger partial charge in [-0.25, -0.2) is 4.39 Å². The van der Waals surface area contributed by atoms with E-state index in [1.54, 1.807) is 31.2 Å². The zero-order valence-corrected chi connectivity index (χ0v) is 14.6. The summed E-state index contributed by atoms with van der Waals surface area (Å²) in [5.74, 6) is -1.47. The van der Waals surface area contributed by atoms with Crippen molar-refractivity contribution in [2.45, 2.75) is 13.8 Å². The molecular formula is C19H20FN3O3. The van der Waals surface area contributed by atoms with Crippen molar-refractivity contribution >= 4 is 29.1 Å². The number of amides is 3. The van der Waals surface area contributed by atoms with E-state index in [1.807, 2.05) is 0 Å². The van der Waals surface area contributed by atoms with Gasteiger partial charge in [-0.1, -0.05) is 6.07 Å². The largest absolute Gasteiger partial charge is 0.330 e. The van der Waals surface area contributed by atoms with E-state index < -0.39 is 11.7 Å². The lowest BCUT2D eigenvalue weighted by molar-refractivity contribution is -0.117. The van der Waals surface area contributed by atoms with Gasteiger partial charge in [0.2, 0.25) is 11.8 Å². The van der Waals surface area contributed by atoms with Gasteiger partial charge in [0.15, 0.2) is 0 Å². The molecule has 0 spiro atoms. The van der Waals surface area contributed by atoms with Crippen molar-refractivity contribution in [3.05, 3.63) is 59.9 Å². The van der Waals surface area contributed by atoms with Crippen molar-refractivity contribution in [1.82, 2.24) is 4.90 Å². The molecule has 0 fully saturated rings. The fraction of sp³-hybridized carbons (Fsp3) is 0.211. The van der Waals surface area contributed by atoms with Crippen LogP contribution in [-0.4, -0.2) is 35.7 Å². The Hall–Kier alpha value is -3.22. The number of likely N-dealkylation sites (N-methyl/N-ethyl adjacent to an activating group) is 1. The fourth-order valence-corrected chi connectivity index (χ4v) is 2.35. The first-order chi connectivity index (χ1) is 12.4. The number of anilines is 2. The number of carbonyl (C=O) groups is 3. The van der Waals surface area contributed by atoms with Gasteiger partial charge < -0.3 is 15.5 Å². The van der Waals surface area contributed by atoms with Crippen molar-refractivity contribution in [2.24, 2.45) is 0 Å². The van der Waals surface area contributed by atoms with Crippen molar-refractivity contribution < 1.29 is 18.8 Å². The van der Waals surface area contributed by atoms with Crippen LogP contribution in [0.5, 0.6) is 0 Å². The Morgan fingerprint density at radius 2 is 1.62 bits per heavy atom. The van der Waals surface area contributed by atoms with E-state index in [4.69, 9.17) is 0 Å². The van der Waals surface area contributed by atoms with E-state index in [0.717, 1.165) is 6.07 Å². The second kappa shape index (κ2) is 8.75. The summed E-state index contributed by atoms with van der Waals surface area (Å²) in [7, 11) is 0. The van der Waals surface area contributed by atoms with Gasteiger partial charge in [-0.3, -0.25) is 14.4 Å². The third-order valence-electron chi connectivity index (χ3n) is 3.56. The maximum absolute atomic E-state index is 13.3. The molecule has 0 atom stereocenters. The van der Waals surface area contributed by atoms with Crippen LogP contribution in [0.3, 0.4) is 0 Å². The molecule has 0 unspecified atom stereocenters. The first kappa shape index (κ1) is 19.1. The van der Waals surface area contributed by atoms with Crippen LogP contribution in [0.25, 0.3) is 0 Å². The zero-order chi connectivity index (χ0) is 19.1. The molecule has 0 heterocycles. The second-order valence-corrected chi connectivity index (χ2v) is 5.64. The van der Waals surface area contributed by atoms with Gasteiger partial charge >= 0.3 is 0 Å². The molecule has 3 amide bonds. The van der Waals surface area contributed by atoms with Crippen LogP contribution < -0.4 is 10.6 Å². The Morgan fingerprint density at radius 1 is 1.00 bits per heavy atom. The Morgan fingerprint density at radius 3 is 2.15 bits per heavy atom. The van der Waals surface area contributed by atoms with E-state index in [9.17, 15) is 18.8 Å². The number of carbonyl (C=O) groups excluding carboxylic acids is 3. The number of nitrogens with zero attached hydrogens (tertiary/aromatic N) is 1. The van der Waals surface area contributed by atoms with Crippen LogP contribution in [0.15, 0.2) is 48.5 Å². The molecule has 7 heteroatoms. The SMILES string of the molecule is CCN(CC(=O)Nc1ccc(NC(C)=O)cc1)C(=O)c1cccc(F)c1. The van der Waals surface area contributed by atoms with Crippen LogP contribution >= 0.6 is 0 Å². The van der Waals surface area contributed by atoms with Gasteiger partial charge in [-0.05, 0) is 49.4 Å². The monoisotopic (exact) mass is 357 g/mol. The Kier molecular flexibility index (Phi) is 6.43. The van der Waals surface area contributed by atoms with Gasteiger partial charge in [0.1, 0.15) is 12.4 Å². The van der Waals surface area contributed by atoms with Gasteiger partial charge in [0.25, 0.3) is 5.91 Å². The predicted molar refractivity (Wildman–Crippen MR) is 97.4 cm³/mol. The summed E-state index contributed by atoms with van der Waals surface area (Å²) >= 11 is 0. The van der Waals surface area contributed by atoms with Crippen molar-refractivity contribution in [3.63, 3.8) is 0 Å². The molecule has 0 radical (unpaired) electrons. The lowest BCUT2D eigenvalue weighted by Crippen LogP contribution is -2.37. The normalized spacial score (nSPS) is 10.1. The molecule has 136 valence electrons. The Balaban J connectivity index is 1.98. The maximum Gasteiger partial charge on any atom is 0.254 e. The zero-order valence-electron chi connectivity index (χ0n) is 14.6. The van der Waals surface area contributed by atoms with Gasteiger partial charge in [-0.2, -0.15) is 0 Å². The molecule has 2 rings (SSSR count). The van der Waals surface area contributed by atoms with E-state index in [1.165, 1.54) is 30.0 Å². The average Bonchev–Trinajstić information content (AvgIpc) is 2.60. The summed E-state index contributed by atoms with van der Waals surface area (Å²) < 4.78 is 13.3. The molecule has 0 saturated carbocycles. The number of hydrogen-bond acceptors (Lipinski definition) is 3. The first-order valence-corrected chi connectivity index (χ1v) is 8.11. The lowest BCUT2D eigenvalue weighted by Gasteiger charge is -2.20. The van der Waals surface area contributed by atoms with E-state index >= 15 is 0 Å². The third-order valence-corrected chi connectivity index (χ3v) is 3.56. The molecule has 2 aromatic carbocycles. The highest BCUT2D eigenvalue weighted by molar-refractivity contribution is 5.99. The molecule has 2 N–H and O–H groups in total. The number of hydrogen-bond donors (Lipinski definition) is 2. The van der Waals surface area contributed by atoms with Gasteiger partial charge in [-0.15, -0.1) is 0 Å². The molecule has 0 saturated heterocycles. The fourth-order valence-electron chi connectivity index (χ4n) is 2.35. The molecule has 2 aromatic rings. The molecule has 0 aromatic heterocycles. The molecule has 6 nitrogen and oxygen atoms in total. The minimum atomic E-state index is -0.504. The average molecular weight is 357 g/mol. The van der Waals surface area contributed by atoms with E-state index in [-0.39, 0.29) is 23.9 Å². The Bertz CT molecular complexity index is 806.